The van der Waals surface area contributed by atoms with Crippen LogP contribution in [-0.4, -0.2) is 10.2 Å². The second kappa shape index (κ2) is 6.29. The van der Waals surface area contributed by atoms with E-state index in [0.717, 1.165) is 6.42 Å². The summed E-state index contributed by atoms with van der Waals surface area (Å²) in [5.41, 5.74) is 2.66. The molecule has 0 fully saturated rings. The predicted molar refractivity (Wildman–Crippen MR) is 76.8 cm³/mol. The van der Waals surface area contributed by atoms with Gasteiger partial charge in [0.05, 0.1) is 0 Å². The Morgan fingerprint density at radius 2 is 1.94 bits per heavy atom. The molecule has 0 saturated carbocycles. The van der Waals surface area contributed by atoms with Crippen molar-refractivity contribution in [2.24, 2.45) is 5.92 Å². The number of aromatic hydroxyl groups is 2. The van der Waals surface area contributed by atoms with Gasteiger partial charge in [-0.3, -0.25) is 0 Å². The first-order valence-electron chi connectivity index (χ1n) is 6.24. The molecule has 0 heterocycles. The van der Waals surface area contributed by atoms with Crippen LogP contribution in [0.5, 0.6) is 11.5 Å². The minimum atomic E-state index is 0.182. The molecular formula is C16H22O2. The number of hydrogen-bond acceptors (Lipinski definition) is 2. The first kappa shape index (κ1) is 14.4. The highest BCUT2D eigenvalue weighted by atomic mass is 16.3. The fourth-order valence-corrected chi connectivity index (χ4v) is 1.68. The molecule has 1 aromatic rings. The molecule has 0 bridgehead atoms. The summed E-state index contributed by atoms with van der Waals surface area (Å²) in [6, 6.07) is 3.13. The van der Waals surface area contributed by atoms with Crippen LogP contribution in [0, 0.1) is 12.8 Å². The summed E-state index contributed by atoms with van der Waals surface area (Å²) in [5, 5.41) is 19.4. The smallest absolute Gasteiger partial charge is 0.125 e. The van der Waals surface area contributed by atoms with Gasteiger partial charge in [0.2, 0.25) is 0 Å². The van der Waals surface area contributed by atoms with Crippen molar-refractivity contribution in [3.63, 3.8) is 0 Å². The molecule has 0 amide bonds. The van der Waals surface area contributed by atoms with E-state index in [1.165, 1.54) is 5.57 Å². The number of phenolic OH excluding ortho intramolecular Hbond substituents is 2. The van der Waals surface area contributed by atoms with E-state index in [9.17, 15) is 10.2 Å². The van der Waals surface area contributed by atoms with Gasteiger partial charge in [0.15, 0.2) is 0 Å². The third kappa shape index (κ3) is 4.28. The summed E-state index contributed by atoms with van der Waals surface area (Å²) in [6.45, 7) is 8.07. The molecule has 2 heteroatoms. The number of hydrogen-bond donors (Lipinski definition) is 2. The third-order valence-electron chi connectivity index (χ3n) is 2.82. The maximum Gasteiger partial charge on any atom is 0.125 e. The van der Waals surface area contributed by atoms with Crippen molar-refractivity contribution in [2.45, 2.75) is 34.1 Å². The maximum atomic E-state index is 9.88. The van der Waals surface area contributed by atoms with Gasteiger partial charge in [-0.2, -0.15) is 0 Å². The summed E-state index contributed by atoms with van der Waals surface area (Å²) in [4.78, 5) is 0. The molecule has 1 aromatic carbocycles. The number of rotatable bonds is 4. The second-order valence-corrected chi connectivity index (χ2v) is 5.05. The van der Waals surface area contributed by atoms with Gasteiger partial charge in [0.25, 0.3) is 0 Å². The third-order valence-corrected chi connectivity index (χ3v) is 2.82. The lowest BCUT2D eigenvalue weighted by Gasteiger charge is -2.06. The molecule has 18 heavy (non-hydrogen) atoms. The fourth-order valence-electron chi connectivity index (χ4n) is 1.68. The number of phenols is 2. The van der Waals surface area contributed by atoms with E-state index in [4.69, 9.17) is 0 Å². The monoisotopic (exact) mass is 246 g/mol. The Bertz CT molecular complexity index is 466. The first-order valence-corrected chi connectivity index (χ1v) is 6.24. The van der Waals surface area contributed by atoms with Crippen LogP contribution < -0.4 is 0 Å². The Balaban J connectivity index is 2.81. The van der Waals surface area contributed by atoms with E-state index in [1.54, 1.807) is 19.1 Å². The van der Waals surface area contributed by atoms with Crippen molar-refractivity contribution in [1.82, 2.24) is 0 Å². The highest BCUT2D eigenvalue weighted by Gasteiger charge is 2.04. The van der Waals surface area contributed by atoms with Crippen LogP contribution in [-0.2, 0) is 0 Å². The Morgan fingerprint density at radius 3 is 2.56 bits per heavy atom. The molecule has 98 valence electrons. The second-order valence-electron chi connectivity index (χ2n) is 5.05. The van der Waals surface area contributed by atoms with Crippen molar-refractivity contribution in [3.05, 3.63) is 41.0 Å². The molecule has 0 aliphatic rings. The van der Waals surface area contributed by atoms with E-state index < -0.39 is 0 Å². The summed E-state index contributed by atoms with van der Waals surface area (Å²) in [7, 11) is 0. The SMILES string of the molecule is CC(C)=CCC(C)/C=C/c1cc(O)cc(C)c1O. The van der Waals surface area contributed by atoms with Gasteiger partial charge in [-0.25, -0.2) is 0 Å². The molecule has 0 spiro atoms. The normalized spacial score (nSPS) is 12.7. The van der Waals surface area contributed by atoms with Gasteiger partial charge in [-0.15, -0.1) is 0 Å². The zero-order valence-corrected chi connectivity index (χ0v) is 11.6. The highest BCUT2D eigenvalue weighted by molar-refractivity contribution is 5.61. The highest BCUT2D eigenvalue weighted by Crippen LogP contribution is 2.28. The van der Waals surface area contributed by atoms with E-state index in [0.29, 0.717) is 17.0 Å². The van der Waals surface area contributed by atoms with Gasteiger partial charge in [-0.05, 0) is 50.8 Å². The van der Waals surface area contributed by atoms with Crippen molar-refractivity contribution in [1.29, 1.82) is 0 Å². The number of benzene rings is 1. The van der Waals surface area contributed by atoms with Gasteiger partial charge in [-0.1, -0.05) is 30.7 Å². The zero-order valence-electron chi connectivity index (χ0n) is 11.6. The molecule has 1 unspecified atom stereocenters. The standard InChI is InChI=1S/C16H22O2/c1-11(2)5-6-12(3)7-8-14-10-15(17)9-13(4)16(14)18/h5,7-10,12,17-18H,6H2,1-4H3/b8-7+. The van der Waals surface area contributed by atoms with Crippen LogP contribution in [0.2, 0.25) is 0 Å². The molecule has 2 N–H and O–H groups in total. The van der Waals surface area contributed by atoms with Gasteiger partial charge in [0.1, 0.15) is 11.5 Å². The van der Waals surface area contributed by atoms with E-state index in [-0.39, 0.29) is 11.5 Å². The summed E-state index contributed by atoms with van der Waals surface area (Å²) < 4.78 is 0. The van der Waals surface area contributed by atoms with Crippen LogP contribution >= 0.6 is 0 Å². The van der Waals surface area contributed by atoms with Gasteiger partial charge < -0.3 is 10.2 Å². The van der Waals surface area contributed by atoms with E-state index in [2.05, 4.69) is 26.8 Å². The topological polar surface area (TPSA) is 40.5 Å². The number of allylic oxidation sites excluding steroid dienone is 3. The number of aryl methyl sites for hydroxylation is 1. The van der Waals surface area contributed by atoms with Gasteiger partial charge >= 0.3 is 0 Å². The molecule has 2 nitrogen and oxygen atoms in total. The van der Waals surface area contributed by atoms with Crippen molar-refractivity contribution >= 4 is 6.08 Å². The average Bonchev–Trinajstić information content (AvgIpc) is 2.29. The molecule has 0 radical (unpaired) electrons. The van der Waals surface area contributed by atoms with Crippen LogP contribution in [0.15, 0.2) is 29.9 Å². The molecular weight excluding hydrogens is 224 g/mol. The summed E-state index contributed by atoms with van der Waals surface area (Å²) in [5.74, 6) is 0.822. The minimum absolute atomic E-state index is 0.182. The van der Waals surface area contributed by atoms with Crippen LogP contribution in [0.1, 0.15) is 38.3 Å². The molecule has 0 aliphatic carbocycles. The molecule has 0 saturated heterocycles. The Labute approximate surface area is 109 Å². The van der Waals surface area contributed by atoms with Gasteiger partial charge in [0, 0.05) is 5.56 Å². The quantitative estimate of drug-likeness (QED) is 0.610. The predicted octanol–water partition coefficient (Wildman–Crippen LogP) is 4.41. The van der Waals surface area contributed by atoms with Crippen molar-refractivity contribution in [3.8, 4) is 11.5 Å². The average molecular weight is 246 g/mol. The zero-order chi connectivity index (χ0) is 13.7. The van der Waals surface area contributed by atoms with Crippen LogP contribution in [0.3, 0.4) is 0 Å². The Hall–Kier alpha value is -1.70. The largest absolute Gasteiger partial charge is 0.508 e. The lowest BCUT2D eigenvalue weighted by molar-refractivity contribution is 0.455. The summed E-state index contributed by atoms with van der Waals surface area (Å²) in [6.07, 6.45) is 7.10. The van der Waals surface area contributed by atoms with Crippen LogP contribution in [0.4, 0.5) is 0 Å². The minimum Gasteiger partial charge on any atom is -0.508 e. The molecule has 1 atom stereocenters. The lowest BCUT2D eigenvalue weighted by atomic mass is 10.0. The molecule has 1 rings (SSSR count). The molecule has 0 aliphatic heterocycles. The summed E-state index contributed by atoms with van der Waals surface area (Å²) >= 11 is 0. The van der Waals surface area contributed by atoms with Crippen LogP contribution in [0.25, 0.3) is 6.08 Å². The Morgan fingerprint density at radius 1 is 1.28 bits per heavy atom. The fraction of sp³-hybridized carbons (Fsp3) is 0.375. The van der Waals surface area contributed by atoms with E-state index in [1.807, 2.05) is 12.2 Å². The lowest BCUT2D eigenvalue weighted by Crippen LogP contribution is -1.87. The Kier molecular flexibility index (Phi) is 5.02. The van der Waals surface area contributed by atoms with E-state index >= 15 is 0 Å². The maximum absolute atomic E-state index is 9.88. The van der Waals surface area contributed by atoms with Crippen molar-refractivity contribution < 1.29 is 10.2 Å². The molecule has 0 aromatic heterocycles. The first-order chi connectivity index (χ1) is 8.40. The van der Waals surface area contributed by atoms with Crippen molar-refractivity contribution in [2.75, 3.05) is 0 Å².